The molecule has 0 saturated heterocycles. The van der Waals surface area contributed by atoms with E-state index >= 15 is 0 Å². The highest BCUT2D eigenvalue weighted by molar-refractivity contribution is 5.94. The Hall–Kier alpha value is -3.55. The second-order valence-corrected chi connectivity index (χ2v) is 7.23. The average molecular weight is 453 g/mol. The largest absolute Gasteiger partial charge is 0.486 e. The molecule has 0 aliphatic heterocycles. The van der Waals surface area contributed by atoms with Crippen LogP contribution in [0.15, 0.2) is 72.8 Å². The van der Waals surface area contributed by atoms with Crippen molar-refractivity contribution < 1.29 is 33.6 Å². The molecule has 0 bridgehead atoms. The number of ether oxygens (including phenoxy) is 5. The van der Waals surface area contributed by atoms with Crippen LogP contribution < -0.4 is 14.2 Å². The average Bonchev–Trinajstić information content (AvgIpc) is 2.86. The second kappa shape index (κ2) is 12.5. The highest BCUT2D eigenvalue weighted by Gasteiger charge is 2.24. The molecule has 174 valence electrons. The van der Waals surface area contributed by atoms with E-state index in [2.05, 4.69) is 0 Å². The number of methoxy groups -OCH3 is 2. The lowest BCUT2D eigenvalue weighted by molar-refractivity contribution is 0.0305. The van der Waals surface area contributed by atoms with E-state index in [1.807, 2.05) is 60.7 Å². The van der Waals surface area contributed by atoms with Crippen LogP contribution in [0.4, 0.5) is 0 Å². The fourth-order valence-corrected chi connectivity index (χ4v) is 3.09. The standard InChI is InChI=1S/C26H28O7/c1-29-17-21(27)18-33-24-22(26(28)30-2)13-14-23(31-15-19-9-5-3-6-10-19)25(24)32-16-20-11-7-4-8-12-20/h3-14,21,27H,15-18H2,1-2H3. The number of carbonyl (C=O) groups is 1. The molecule has 3 rings (SSSR count). The topological polar surface area (TPSA) is 83.5 Å². The molecule has 1 atom stereocenters. The molecule has 7 nitrogen and oxygen atoms in total. The van der Waals surface area contributed by atoms with Crippen LogP contribution in [0, 0.1) is 0 Å². The fourth-order valence-electron chi connectivity index (χ4n) is 3.09. The highest BCUT2D eigenvalue weighted by Crippen LogP contribution is 2.41. The Labute approximate surface area is 193 Å². The minimum absolute atomic E-state index is 0.0813. The van der Waals surface area contributed by atoms with Crippen molar-refractivity contribution in [1.29, 1.82) is 0 Å². The molecular formula is C26H28O7. The van der Waals surface area contributed by atoms with E-state index < -0.39 is 12.1 Å². The Morgan fingerprint density at radius 1 is 0.758 bits per heavy atom. The van der Waals surface area contributed by atoms with E-state index in [9.17, 15) is 9.90 Å². The van der Waals surface area contributed by atoms with Crippen molar-refractivity contribution in [3.8, 4) is 17.2 Å². The summed E-state index contributed by atoms with van der Waals surface area (Å²) >= 11 is 0. The van der Waals surface area contributed by atoms with Gasteiger partial charge in [-0.2, -0.15) is 0 Å². The lowest BCUT2D eigenvalue weighted by Crippen LogP contribution is -2.23. The summed E-state index contributed by atoms with van der Waals surface area (Å²) in [6, 6.07) is 22.5. The minimum Gasteiger partial charge on any atom is -0.486 e. The maximum atomic E-state index is 12.4. The van der Waals surface area contributed by atoms with Gasteiger partial charge >= 0.3 is 5.97 Å². The monoisotopic (exact) mass is 452 g/mol. The number of aliphatic hydroxyl groups excluding tert-OH is 1. The summed E-state index contributed by atoms with van der Waals surface area (Å²) in [5.74, 6) is 0.199. The Balaban J connectivity index is 1.94. The maximum absolute atomic E-state index is 12.4. The van der Waals surface area contributed by atoms with Crippen LogP contribution in [0.3, 0.4) is 0 Å². The van der Waals surface area contributed by atoms with Crippen molar-refractivity contribution in [2.75, 3.05) is 27.4 Å². The van der Waals surface area contributed by atoms with Gasteiger partial charge in [0.2, 0.25) is 5.75 Å². The van der Waals surface area contributed by atoms with Crippen LogP contribution >= 0.6 is 0 Å². The summed E-state index contributed by atoms with van der Waals surface area (Å²) in [6.45, 7) is 0.496. The minimum atomic E-state index is -0.892. The molecule has 0 radical (unpaired) electrons. The summed E-state index contributed by atoms with van der Waals surface area (Å²) < 4.78 is 27.9. The normalized spacial score (nSPS) is 11.5. The van der Waals surface area contributed by atoms with Gasteiger partial charge in [0.05, 0.1) is 13.7 Å². The van der Waals surface area contributed by atoms with Crippen molar-refractivity contribution in [2.24, 2.45) is 0 Å². The molecule has 1 unspecified atom stereocenters. The third-order valence-corrected chi connectivity index (χ3v) is 4.72. The van der Waals surface area contributed by atoms with Crippen LogP contribution in [0.2, 0.25) is 0 Å². The van der Waals surface area contributed by atoms with Gasteiger partial charge in [-0.25, -0.2) is 4.79 Å². The van der Waals surface area contributed by atoms with Crippen LogP contribution in [-0.4, -0.2) is 44.6 Å². The van der Waals surface area contributed by atoms with Gasteiger partial charge in [-0.05, 0) is 23.3 Å². The molecule has 0 fully saturated rings. The first-order chi connectivity index (χ1) is 16.1. The van der Waals surface area contributed by atoms with Gasteiger partial charge in [-0.1, -0.05) is 60.7 Å². The van der Waals surface area contributed by atoms with E-state index in [4.69, 9.17) is 23.7 Å². The molecule has 3 aromatic carbocycles. The first-order valence-corrected chi connectivity index (χ1v) is 10.5. The molecule has 0 spiro atoms. The van der Waals surface area contributed by atoms with Crippen LogP contribution in [0.5, 0.6) is 17.2 Å². The third kappa shape index (κ3) is 6.97. The Kier molecular flexibility index (Phi) is 9.11. The number of hydrogen-bond donors (Lipinski definition) is 1. The molecule has 1 N–H and O–H groups in total. The number of hydrogen-bond acceptors (Lipinski definition) is 7. The molecular weight excluding hydrogens is 424 g/mol. The lowest BCUT2D eigenvalue weighted by atomic mass is 10.1. The SMILES string of the molecule is COCC(O)COc1c(C(=O)OC)ccc(OCc2ccccc2)c1OCc1ccccc1. The van der Waals surface area contributed by atoms with E-state index in [0.717, 1.165) is 11.1 Å². The number of carbonyl (C=O) groups excluding carboxylic acids is 1. The van der Waals surface area contributed by atoms with Gasteiger partial charge in [0.1, 0.15) is 31.5 Å². The number of benzene rings is 3. The Morgan fingerprint density at radius 2 is 1.36 bits per heavy atom. The predicted molar refractivity (Wildman–Crippen MR) is 123 cm³/mol. The zero-order valence-electron chi connectivity index (χ0n) is 18.7. The molecule has 0 aromatic heterocycles. The molecule has 0 heterocycles. The molecule has 0 amide bonds. The molecule has 0 aliphatic rings. The van der Waals surface area contributed by atoms with Gasteiger partial charge in [0.25, 0.3) is 0 Å². The van der Waals surface area contributed by atoms with Gasteiger partial charge in [-0.15, -0.1) is 0 Å². The number of rotatable bonds is 12. The van der Waals surface area contributed by atoms with Crippen LogP contribution in [-0.2, 0) is 22.7 Å². The molecule has 0 aliphatic carbocycles. The van der Waals surface area contributed by atoms with Gasteiger partial charge in [0, 0.05) is 7.11 Å². The Bertz CT molecular complexity index is 1010. The van der Waals surface area contributed by atoms with Crippen molar-refractivity contribution in [1.82, 2.24) is 0 Å². The first kappa shape index (κ1) is 24.1. The quantitative estimate of drug-likeness (QED) is 0.416. The van der Waals surface area contributed by atoms with Gasteiger partial charge in [0.15, 0.2) is 11.5 Å². The maximum Gasteiger partial charge on any atom is 0.341 e. The summed E-state index contributed by atoms with van der Waals surface area (Å²) in [7, 11) is 2.77. The van der Waals surface area contributed by atoms with E-state index in [0.29, 0.717) is 12.4 Å². The Morgan fingerprint density at radius 3 is 1.94 bits per heavy atom. The summed E-state index contributed by atoms with van der Waals surface area (Å²) in [6.07, 6.45) is -0.892. The zero-order valence-corrected chi connectivity index (χ0v) is 18.7. The molecule has 0 saturated carbocycles. The van der Waals surface area contributed by atoms with Crippen LogP contribution in [0.1, 0.15) is 21.5 Å². The van der Waals surface area contributed by atoms with Crippen molar-refractivity contribution in [2.45, 2.75) is 19.3 Å². The van der Waals surface area contributed by atoms with Crippen LogP contribution in [0.25, 0.3) is 0 Å². The van der Waals surface area contributed by atoms with Gasteiger partial charge in [-0.3, -0.25) is 0 Å². The molecule has 3 aromatic rings. The summed E-state index contributed by atoms with van der Waals surface area (Å²) in [5.41, 5.74) is 2.07. The second-order valence-electron chi connectivity index (χ2n) is 7.23. The summed E-state index contributed by atoms with van der Waals surface area (Å²) in [5, 5.41) is 10.1. The van der Waals surface area contributed by atoms with Crippen molar-refractivity contribution in [3.63, 3.8) is 0 Å². The first-order valence-electron chi connectivity index (χ1n) is 10.5. The molecule has 33 heavy (non-hydrogen) atoms. The third-order valence-electron chi connectivity index (χ3n) is 4.72. The number of aliphatic hydroxyl groups is 1. The predicted octanol–water partition coefficient (Wildman–Crippen LogP) is 4.02. The van der Waals surface area contributed by atoms with Crippen molar-refractivity contribution in [3.05, 3.63) is 89.5 Å². The van der Waals surface area contributed by atoms with E-state index in [1.165, 1.54) is 14.2 Å². The number of esters is 1. The lowest BCUT2D eigenvalue weighted by Gasteiger charge is -2.20. The van der Waals surface area contributed by atoms with E-state index in [-0.39, 0.29) is 36.9 Å². The smallest absolute Gasteiger partial charge is 0.341 e. The van der Waals surface area contributed by atoms with Gasteiger partial charge < -0.3 is 28.8 Å². The van der Waals surface area contributed by atoms with Crippen molar-refractivity contribution >= 4 is 5.97 Å². The molecule has 7 heteroatoms. The summed E-state index contributed by atoms with van der Waals surface area (Å²) in [4.78, 5) is 12.4. The highest BCUT2D eigenvalue weighted by atomic mass is 16.6. The zero-order chi connectivity index (χ0) is 23.5. The fraction of sp³-hybridized carbons (Fsp3) is 0.269. The van der Waals surface area contributed by atoms with E-state index in [1.54, 1.807) is 12.1 Å².